The van der Waals surface area contributed by atoms with E-state index in [4.69, 9.17) is 5.11 Å². The van der Waals surface area contributed by atoms with Gasteiger partial charge in [-0.1, -0.05) is 12.1 Å². The molecule has 1 N–H and O–H groups in total. The molecule has 13 heavy (non-hydrogen) atoms. The molecule has 0 aromatic heterocycles. The molecule has 1 aromatic rings. The van der Waals surface area contributed by atoms with E-state index in [-0.39, 0.29) is 10.7 Å². The van der Waals surface area contributed by atoms with Gasteiger partial charge in [0.2, 0.25) is 5.12 Å². The molecule has 0 fully saturated rings. The highest BCUT2D eigenvalue weighted by atomic mass is 33.1. The topological polar surface area (TPSA) is 54.4 Å². The molecule has 1 aromatic carbocycles. The summed E-state index contributed by atoms with van der Waals surface area (Å²) in [6, 6.07) is 5.84. The summed E-state index contributed by atoms with van der Waals surface area (Å²) < 4.78 is 0. The second kappa shape index (κ2) is 4.34. The first-order valence-electron chi connectivity index (χ1n) is 3.34. The fraction of sp³-hybridized carbons (Fsp3) is 0. The van der Waals surface area contributed by atoms with Crippen LogP contribution in [0.2, 0.25) is 0 Å². The Morgan fingerprint density at radius 1 is 1.31 bits per heavy atom. The minimum Gasteiger partial charge on any atom is -0.478 e. The van der Waals surface area contributed by atoms with Crippen LogP contribution in [0, 0.1) is 0 Å². The molecule has 0 saturated carbocycles. The van der Waals surface area contributed by atoms with Crippen molar-refractivity contribution in [1.82, 2.24) is 0 Å². The van der Waals surface area contributed by atoms with Gasteiger partial charge in [-0.25, -0.2) is 4.79 Å². The van der Waals surface area contributed by atoms with E-state index in [1.54, 1.807) is 6.07 Å². The molecule has 0 aliphatic carbocycles. The van der Waals surface area contributed by atoms with Gasteiger partial charge in [-0.05, 0) is 22.9 Å². The largest absolute Gasteiger partial charge is 0.478 e. The zero-order valence-corrected chi connectivity index (χ0v) is 8.14. The zero-order valence-electron chi connectivity index (χ0n) is 6.43. The van der Waals surface area contributed by atoms with Crippen LogP contribution < -0.4 is 0 Å². The number of carboxylic acids is 1. The van der Waals surface area contributed by atoms with Gasteiger partial charge in [0.15, 0.2) is 0 Å². The van der Waals surface area contributed by atoms with Crippen LogP contribution in [0.1, 0.15) is 20.7 Å². The molecular formula is C8H6O3S2. The summed E-state index contributed by atoms with van der Waals surface area (Å²) >= 11 is 3.73. The monoisotopic (exact) mass is 214 g/mol. The molecule has 0 saturated heterocycles. The Labute approximate surface area is 84.0 Å². The van der Waals surface area contributed by atoms with Crippen molar-refractivity contribution in [3.05, 3.63) is 35.4 Å². The SMILES string of the molecule is O=C(O)c1cccc(C(=O)SS)c1. The van der Waals surface area contributed by atoms with Crippen molar-refractivity contribution in [2.75, 3.05) is 0 Å². The van der Waals surface area contributed by atoms with Crippen LogP contribution >= 0.6 is 22.5 Å². The lowest BCUT2D eigenvalue weighted by Gasteiger charge is -1.97. The number of carbonyl (C=O) groups is 2. The quantitative estimate of drug-likeness (QED) is 0.584. The molecule has 0 atom stereocenters. The van der Waals surface area contributed by atoms with Crippen LogP contribution in [-0.4, -0.2) is 16.2 Å². The van der Waals surface area contributed by atoms with Crippen LogP contribution in [0.4, 0.5) is 0 Å². The van der Waals surface area contributed by atoms with Gasteiger partial charge in [0.05, 0.1) is 5.56 Å². The zero-order chi connectivity index (χ0) is 9.84. The number of benzene rings is 1. The van der Waals surface area contributed by atoms with Gasteiger partial charge in [-0.2, -0.15) is 0 Å². The summed E-state index contributed by atoms with van der Waals surface area (Å²) in [5, 5.41) is 8.37. The van der Waals surface area contributed by atoms with Gasteiger partial charge in [0.1, 0.15) is 0 Å². The Balaban J connectivity index is 3.05. The lowest BCUT2D eigenvalue weighted by Crippen LogP contribution is -1.99. The van der Waals surface area contributed by atoms with E-state index in [1.807, 2.05) is 0 Å². The maximum Gasteiger partial charge on any atom is 0.335 e. The van der Waals surface area contributed by atoms with Crippen LogP contribution in [0.3, 0.4) is 0 Å². The lowest BCUT2D eigenvalue weighted by molar-refractivity contribution is 0.0697. The van der Waals surface area contributed by atoms with Crippen LogP contribution in [-0.2, 0) is 0 Å². The fourth-order valence-corrected chi connectivity index (χ4v) is 1.38. The maximum absolute atomic E-state index is 11.1. The van der Waals surface area contributed by atoms with Crippen molar-refractivity contribution in [2.45, 2.75) is 0 Å². The van der Waals surface area contributed by atoms with Crippen molar-refractivity contribution in [3.8, 4) is 0 Å². The van der Waals surface area contributed by atoms with Gasteiger partial charge in [-0.15, -0.1) is 11.7 Å². The van der Waals surface area contributed by atoms with E-state index in [2.05, 4.69) is 11.7 Å². The van der Waals surface area contributed by atoms with Crippen molar-refractivity contribution in [1.29, 1.82) is 0 Å². The van der Waals surface area contributed by atoms with E-state index in [0.717, 1.165) is 10.8 Å². The second-order valence-corrected chi connectivity index (χ2v) is 3.37. The number of rotatable bonds is 2. The summed E-state index contributed by atoms with van der Waals surface area (Å²) in [6.07, 6.45) is 0. The molecule has 0 radical (unpaired) electrons. The first-order valence-corrected chi connectivity index (χ1v) is 5.21. The number of hydrogen-bond donors (Lipinski definition) is 2. The molecule has 0 amide bonds. The lowest BCUT2D eigenvalue weighted by atomic mass is 10.1. The van der Waals surface area contributed by atoms with Gasteiger partial charge >= 0.3 is 5.97 Å². The summed E-state index contributed by atoms with van der Waals surface area (Å²) in [7, 11) is 0.761. The molecule has 5 heteroatoms. The molecule has 68 valence electrons. The summed E-state index contributed by atoms with van der Waals surface area (Å²) in [5.41, 5.74) is 0.452. The summed E-state index contributed by atoms with van der Waals surface area (Å²) in [4.78, 5) is 21.6. The van der Waals surface area contributed by atoms with E-state index >= 15 is 0 Å². The van der Waals surface area contributed by atoms with Crippen LogP contribution in [0.5, 0.6) is 0 Å². The fourth-order valence-electron chi connectivity index (χ4n) is 0.832. The van der Waals surface area contributed by atoms with Crippen molar-refractivity contribution < 1.29 is 14.7 Å². The third-order valence-electron chi connectivity index (χ3n) is 1.43. The van der Waals surface area contributed by atoms with Gasteiger partial charge in [0, 0.05) is 5.56 Å². The predicted octanol–water partition coefficient (Wildman–Crippen LogP) is 2.10. The highest BCUT2D eigenvalue weighted by Crippen LogP contribution is 2.16. The smallest absolute Gasteiger partial charge is 0.335 e. The Morgan fingerprint density at radius 3 is 2.46 bits per heavy atom. The molecule has 0 heterocycles. The Bertz CT molecular complexity index is 349. The Kier molecular flexibility index (Phi) is 3.39. The minimum atomic E-state index is -1.04. The molecular weight excluding hydrogens is 208 g/mol. The maximum atomic E-state index is 11.1. The van der Waals surface area contributed by atoms with E-state index < -0.39 is 5.97 Å². The highest BCUT2D eigenvalue weighted by Gasteiger charge is 2.08. The molecule has 0 bridgehead atoms. The first-order chi connectivity index (χ1) is 6.15. The van der Waals surface area contributed by atoms with Crippen molar-refractivity contribution in [2.24, 2.45) is 0 Å². The minimum absolute atomic E-state index is 0.105. The molecule has 0 aliphatic heterocycles. The van der Waals surface area contributed by atoms with Crippen LogP contribution in [0.15, 0.2) is 24.3 Å². The standard InChI is InChI=1S/C8H6O3S2/c9-7(10)5-2-1-3-6(4-5)8(11)13-12/h1-4,12H,(H,9,10). The molecule has 0 aliphatic rings. The molecule has 0 unspecified atom stereocenters. The first kappa shape index (κ1) is 10.1. The molecule has 0 spiro atoms. The van der Waals surface area contributed by atoms with E-state index in [1.165, 1.54) is 18.2 Å². The number of hydrogen-bond acceptors (Lipinski definition) is 4. The van der Waals surface area contributed by atoms with Crippen LogP contribution in [0.25, 0.3) is 0 Å². The third-order valence-corrected chi connectivity index (χ3v) is 2.33. The van der Waals surface area contributed by atoms with E-state index in [9.17, 15) is 9.59 Å². The Morgan fingerprint density at radius 2 is 1.92 bits per heavy atom. The summed E-state index contributed by atoms with van der Waals surface area (Å²) in [6.45, 7) is 0. The number of thiol groups is 1. The van der Waals surface area contributed by atoms with Crippen molar-refractivity contribution in [3.63, 3.8) is 0 Å². The molecule has 3 nitrogen and oxygen atoms in total. The number of carbonyl (C=O) groups excluding carboxylic acids is 1. The highest BCUT2D eigenvalue weighted by molar-refractivity contribution is 8.75. The van der Waals surface area contributed by atoms with E-state index in [0.29, 0.717) is 5.56 Å². The average Bonchev–Trinajstić information content (AvgIpc) is 2.17. The summed E-state index contributed by atoms with van der Waals surface area (Å²) in [5.74, 6) is -1.04. The second-order valence-electron chi connectivity index (χ2n) is 2.26. The number of carboxylic acid groups (broad SMARTS) is 1. The third kappa shape index (κ3) is 2.50. The average molecular weight is 214 g/mol. The number of aromatic carboxylic acids is 1. The van der Waals surface area contributed by atoms with Gasteiger partial charge < -0.3 is 5.11 Å². The van der Waals surface area contributed by atoms with Gasteiger partial charge in [0.25, 0.3) is 0 Å². The predicted molar refractivity (Wildman–Crippen MR) is 54.3 cm³/mol. The molecule has 1 rings (SSSR count). The Hall–Kier alpha value is -0.940. The van der Waals surface area contributed by atoms with Gasteiger partial charge in [-0.3, -0.25) is 4.79 Å². The van der Waals surface area contributed by atoms with Crippen molar-refractivity contribution >= 4 is 33.5 Å². The normalized spacial score (nSPS) is 9.62.